The molecule has 13 heavy (non-hydrogen) atoms. The Balaban J connectivity index is 3.56. The Bertz CT molecular complexity index is 132. The van der Waals surface area contributed by atoms with Crippen molar-refractivity contribution in [2.45, 2.75) is 65.4 Å². The maximum Gasteiger partial charge on any atom is 0.305 e. The second-order valence-corrected chi connectivity index (χ2v) is 3.37. The van der Waals surface area contributed by atoms with E-state index in [1.807, 2.05) is 6.92 Å². The van der Waals surface area contributed by atoms with E-state index in [9.17, 15) is 4.79 Å². The largest absolute Gasteiger partial charge is 0.462 e. The van der Waals surface area contributed by atoms with Crippen LogP contribution in [0.25, 0.3) is 0 Å². The molecule has 0 radical (unpaired) electrons. The molecule has 0 fully saturated rings. The molecule has 0 N–H and O–H groups in total. The number of carbonyl (C=O) groups is 1. The van der Waals surface area contributed by atoms with E-state index >= 15 is 0 Å². The lowest BCUT2D eigenvalue weighted by molar-refractivity contribution is -0.149. The smallest absolute Gasteiger partial charge is 0.305 e. The molecule has 0 heterocycles. The van der Waals surface area contributed by atoms with Crippen LogP contribution < -0.4 is 0 Å². The molecule has 0 aromatic carbocycles. The topological polar surface area (TPSA) is 26.3 Å². The molecule has 0 unspecified atom stereocenters. The van der Waals surface area contributed by atoms with Gasteiger partial charge in [-0.05, 0) is 19.3 Å². The third kappa shape index (κ3) is 6.62. The van der Waals surface area contributed by atoms with E-state index in [1.165, 1.54) is 19.3 Å². The zero-order chi connectivity index (χ0) is 10.1. The quantitative estimate of drug-likeness (QED) is 0.450. The maximum absolute atomic E-state index is 11.0. The van der Waals surface area contributed by atoms with Gasteiger partial charge in [0.05, 0.1) is 0 Å². The third-order valence-electron chi connectivity index (χ3n) is 2.17. The first-order valence-corrected chi connectivity index (χ1v) is 5.44. The number of esters is 1. The molecule has 2 nitrogen and oxygen atoms in total. The van der Waals surface area contributed by atoms with Crippen molar-refractivity contribution in [3.63, 3.8) is 0 Å². The first-order chi connectivity index (χ1) is 6.24. The average Bonchev–Trinajstić information content (AvgIpc) is 2.16. The van der Waals surface area contributed by atoms with Gasteiger partial charge in [-0.1, -0.05) is 33.6 Å². The van der Waals surface area contributed by atoms with E-state index in [1.54, 1.807) is 0 Å². The second kappa shape index (κ2) is 8.09. The van der Waals surface area contributed by atoms with Crippen molar-refractivity contribution in [2.24, 2.45) is 0 Å². The van der Waals surface area contributed by atoms with Gasteiger partial charge >= 0.3 is 5.97 Å². The van der Waals surface area contributed by atoms with Crippen molar-refractivity contribution >= 4 is 5.97 Å². The molecule has 0 spiro atoms. The van der Waals surface area contributed by atoms with Crippen molar-refractivity contribution in [3.05, 3.63) is 0 Å². The fourth-order valence-electron chi connectivity index (χ4n) is 1.24. The summed E-state index contributed by atoms with van der Waals surface area (Å²) in [7, 11) is 0. The van der Waals surface area contributed by atoms with Crippen LogP contribution in [0.15, 0.2) is 0 Å². The number of carbonyl (C=O) groups excluding carboxylic acids is 1. The number of unbranched alkanes of at least 4 members (excludes halogenated alkanes) is 2. The molecule has 78 valence electrons. The molecule has 0 saturated heterocycles. The Morgan fingerprint density at radius 2 is 1.92 bits per heavy atom. The van der Waals surface area contributed by atoms with Crippen LogP contribution in [-0.4, -0.2) is 12.1 Å². The molecule has 1 atom stereocenters. The molecule has 0 aromatic rings. The number of hydrogen-bond acceptors (Lipinski definition) is 2. The minimum absolute atomic E-state index is 0.0663. The van der Waals surface area contributed by atoms with Crippen molar-refractivity contribution in [2.75, 3.05) is 0 Å². The molecule has 2 heteroatoms. The van der Waals surface area contributed by atoms with E-state index < -0.39 is 0 Å². The van der Waals surface area contributed by atoms with Gasteiger partial charge in [-0.2, -0.15) is 0 Å². The van der Waals surface area contributed by atoms with Crippen LogP contribution in [0.1, 0.15) is 59.3 Å². The Morgan fingerprint density at radius 1 is 1.23 bits per heavy atom. The summed E-state index contributed by atoms with van der Waals surface area (Å²) in [6.07, 6.45) is 6.24. The number of hydrogen-bond donors (Lipinski definition) is 0. The third-order valence-corrected chi connectivity index (χ3v) is 2.17. The van der Waals surface area contributed by atoms with E-state index in [0.29, 0.717) is 6.42 Å². The zero-order valence-electron chi connectivity index (χ0n) is 9.14. The summed E-state index contributed by atoms with van der Waals surface area (Å²) < 4.78 is 5.26. The molecule has 0 aliphatic rings. The zero-order valence-corrected chi connectivity index (χ0v) is 9.14. The van der Waals surface area contributed by atoms with Crippen molar-refractivity contribution in [1.82, 2.24) is 0 Å². The first-order valence-electron chi connectivity index (χ1n) is 5.44. The van der Waals surface area contributed by atoms with Crippen molar-refractivity contribution in [1.29, 1.82) is 0 Å². The fourth-order valence-corrected chi connectivity index (χ4v) is 1.24. The first kappa shape index (κ1) is 12.5. The van der Waals surface area contributed by atoms with Gasteiger partial charge in [0.15, 0.2) is 0 Å². The van der Waals surface area contributed by atoms with E-state index in [-0.39, 0.29) is 12.1 Å². The lowest BCUT2D eigenvalue weighted by atomic mass is 10.1. The van der Waals surface area contributed by atoms with Crippen molar-refractivity contribution < 1.29 is 9.53 Å². The summed E-state index contributed by atoms with van der Waals surface area (Å²) in [4.78, 5) is 11.0. The minimum Gasteiger partial charge on any atom is -0.462 e. The van der Waals surface area contributed by atoms with E-state index in [4.69, 9.17) is 4.74 Å². The van der Waals surface area contributed by atoms with Gasteiger partial charge in [0.1, 0.15) is 6.10 Å². The average molecular weight is 186 g/mol. The molecule has 0 aromatic heterocycles. The Kier molecular flexibility index (Phi) is 7.76. The van der Waals surface area contributed by atoms with Gasteiger partial charge in [0.25, 0.3) is 0 Å². The van der Waals surface area contributed by atoms with Crippen LogP contribution in [0.5, 0.6) is 0 Å². The Labute approximate surface area is 81.7 Å². The summed E-state index contributed by atoms with van der Waals surface area (Å²) in [6.45, 7) is 6.08. The highest BCUT2D eigenvalue weighted by molar-refractivity contribution is 5.69. The van der Waals surface area contributed by atoms with Gasteiger partial charge in [0.2, 0.25) is 0 Å². The van der Waals surface area contributed by atoms with Crippen LogP contribution in [-0.2, 0) is 9.53 Å². The highest BCUT2D eigenvalue weighted by Crippen LogP contribution is 2.10. The van der Waals surface area contributed by atoms with Gasteiger partial charge in [-0.15, -0.1) is 0 Å². The van der Waals surface area contributed by atoms with Gasteiger partial charge in [0, 0.05) is 6.42 Å². The molecule has 0 aliphatic carbocycles. The lowest BCUT2D eigenvalue weighted by Crippen LogP contribution is -2.16. The molecule has 0 saturated carbocycles. The fraction of sp³-hybridized carbons (Fsp3) is 0.909. The normalized spacial score (nSPS) is 12.5. The summed E-state index contributed by atoms with van der Waals surface area (Å²) in [5, 5.41) is 0. The summed E-state index contributed by atoms with van der Waals surface area (Å²) >= 11 is 0. The maximum atomic E-state index is 11.0. The standard InChI is InChI=1S/C11H22O2/c1-4-7-8-9-10(5-2)13-11(12)6-3/h10H,4-9H2,1-3H3/t10-/m0/s1. The van der Waals surface area contributed by atoms with Gasteiger partial charge in [-0.3, -0.25) is 4.79 Å². The molecule has 0 rings (SSSR count). The van der Waals surface area contributed by atoms with Gasteiger partial charge < -0.3 is 4.74 Å². The van der Waals surface area contributed by atoms with Gasteiger partial charge in [-0.25, -0.2) is 0 Å². The van der Waals surface area contributed by atoms with Crippen molar-refractivity contribution in [3.8, 4) is 0 Å². The van der Waals surface area contributed by atoms with Crippen LogP contribution in [0.3, 0.4) is 0 Å². The molecule has 0 bridgehead atoms. The van der Waals surface area contributed by atoms with E-state index in [2.05, 4.69) is 13.8 Å². The van der Waals surface area contributed by atoms with Crippen LogP contribution in [0.2, 0.25) is 0 Å². The summed E-state index contributed by atoms with van der Waals surface area (Å²) in [5.74, 6) is -0.0663. The summed E-state index contributed by atoms with van der Waals surface area (Å²) in [6, 6.07) is 0. The minimum atomic E-state index is -0.0663. The predicted octanol–water partition coefficient (Wildman–Crippen LogP) is 3.30. The Hall–Kier alpha value is -0.530. The predicted molar refractivity (Wildman–Crippen MR) is 54.6 cm³/mol. The number of rotatable bonds is 7. The van der Waals surface area contributed by atoms with Crippen LogP contribution in [0, 0.1) is 0 Å². The molecule has 0 amide bonds. The molecular weight excluding hydrogens is 164 g/mol. The second-order valence-electron chi connectivity index (χ2n) is 3.37. The molecular formula is C11H22O2. The monoisotopic (exact) mass is 186 g/mol. The highest BCUT2D eigenvalue weighted by Gasteiger charge is 2.09. The van der Waals surface area contributed by atoms with Crippen LogP contribution >= 0.6 is 0 Å². The number of ether oxygens (including phenoxy) is 1. The lowest BCUT2D eigenvalue weighted by Gasteiger charge is -2.15. The SMILES string of the molecule is CCCCC[C@H](CC)OC(=O)CC. The highest BCUT2D eigenvalue weighted by atomic mass is 16.5. The van der Waals surface area contributed by atoms with Crippen LogP contribution in [0.4, 0.5) is 0 Å². The Morgan fingerprint density at radius 3 is 2.38 bits per heavy atom. The van der Waals surface area contributed by atoms with E-state index in [0.717, 1.165) is 12.8 Å². The summed E-state index contributed by atoms with van der Waals surface area (Å²) in [5.41, 5.74) is 0. The molecule has 0 aliphatic heterocycles.